The number of amides is 1. The second-order valence-corrected chi connectivity index (χ2v) is 5.63. The van der Waals surface area contributed by atoms with Crippen LogP contribution in [-0.2, 0) is 4.79 Å². The molecule has 2 aromatic carbocycles. The zero-order valence-corrected chi connectivity index (χ0v) is 14.4. The number of halogens is 2. The van der Waals surface area contributed by atoms with Crippen molar-refractivity contribution in [3.63, 3.8) is 0 Å². The molecule has 4 nitrogen and oxygen atoms in total. The molecule has 2 rings (SSSR count). The molecule has 6 heteroatoms. The zero-order chi connectivity index (χ0) is 17.5. The second-order valence-electron chi connectivity index (χ2n) is 4.72. The van der Waals surface area contributed by atoms with Crippen LogP contribution in [0, 0.1) is 17.1 Å². The minimum absolute atomic E-state index is 0.156. The molecule has 0 saturated carbocycles. The minimum atomic E-state index is -0.632. The number of anilines is 1. The first kappa shape index (κ1) is 17.7. The molecule has 0 saturated heterocycles. The molecule has 0 unspecified atom stereocenters. The summed E-state index contributed by atoms with van der Waals surface area (Å²) >= 11 is 3.16. The highest BCUT2D eigenvalue weighted by Crippen LogP contribution is 2.24. The van der Waals surface area contributed by atoms with E-state index in [4.69, 9.17) is 4.74 Å². The number of carbonyl (C=O) groups is 1. The highest BCUT2D eigenvalue weighted by Gasteiger charge is 2.13. The molecule has 0 aliphatic carbocycles. The average molecular weight is 389 g/mol. The Bertz CT molecular complexity index is 828. The number of hydrogen-bond donors (Lipinski definition) is 1. The monoisotopic (exact) mass is 388 g/mol. The van der Waals surface area contributed by atoms with Gasteiger partial charge in [-0.3, -0.25) is 4.79 Å². The summed E-state index contributed by atoms with van der Waals surface area (Å²) in [6.07, 6.45) is 1.21. The van der Waals surface area contributed by atoms with Gasteiger partial charge in [0, 0.05) is 10.0 Å². The van der Waals surface area contributed by atoms with Crippen molar-refractivity contribution >= 4 is 33.6 Å². The molecule has 2 aromatic rings. The number of ether oxygens (including phenoxy) is 1. The molecule has 0 heterocycles. The van der Waals surface area contributed by atoms with Gasteiger partial charge in [0.05, 0.1) is 12.3 Å². The summed E-state index contributed by atoms with van der Waals surface area (Å²) in [5.41, 5.74) is 0.396. The molecule has 0 bridgehead atoms. The average Bonchev–Trinajstić information content (AvgIpc) is 2.56. The third kappa shape index (κ3) is 4.43. The molecular weight excluding hydrogens is 375 g/mol. The molecule has 0 spiro atoms. The van der Waals surface area contributed by atoms with Crippen LogP contribution < -0.4 is 10.1 Å². The number of hydrogen-bond acceptors (Lipinski definition) is 3. The van der Waals surface area contributed by atoms with Crippen LogP contribution in [0.2, 0.25) is 0 Å². The van der Waals surface area contributed by atoms with E-state index in [1.807, 2.05) is 6.92 Å². The summed E-state index contributed by atoms with van der Waals surface area (Å²) in [5, 5.41) is 11.8. The van der Waals surface area contributed by atoms with Crippen LogP contribution >= 0.6 is 15.9 Å². The fourth-order valence-corrected chi connectivity index (χ4v) is 2.30. The Morgan fingerprint density at radius 1 is 1.38 bits per heavy atom. The quantitative estimate of drug-likeness (QED) is 0.604. The van der Waals surface area contributed by atoms with Crippen LogP contribution in [0.1, 0.15) is 12.5 Å². The van der Waals surface area contributed by atoms with Crippen molar-refractivity contribution in [2.75, 3.05) is 11.9 Å². The van der Waals surface area contributed by atoms with Gasteiger partial charge < -0.3 is 10.1 Å². The molecule has 0 radical (unpaired) electrons. The van der Waals surface area contributed by atoms with E-state index in [0.717, 1.165) is 0 Å². The van der Waals surface area contributed by atoms with Crippen molar-refractivity contribution < 1.29 is 13.9 Å². The van der Waals surface area contributed by atoms with E-state index in [1.165, 1.54) is 18.2 Å². The highest BCUT2D eigenvalue weighted by molar-refractivity contribution is 9.10. The van der Waals surface area contributed by atoms with Crippen LogP contribution in [0.15, 0.2) is 52.5 Å². The first-order valence-corrected chi connectivity index (χ1v) is 7.94. The first-order chi connectivity index (χ1) is 11.5. The molecule has 0 aromatic heterocycles. The van der Waals surface area contributed by atoms with Gasteiger partial charge in [-0.2, -0.15) is 5.26 Å². The van der Waals surface area contributed by atoms with E-state index in [9.17, 15) is 14.4 Å². The van der Waals surface area contributed by atoms with Gasteiger partial charge in [0.2, 0.25) is 0 Å². The Morgan fingerprint density at radius 3 is 2.79 bits per heavy atom. The van der Waals surface area contributed by atoms with Crippen LogP contribution in [0.5, 0.6) is 5.75 Å². The topological polar surface area (TPSA) is 62.1 Å². The lowest BCUT2D eigenvalue weighted by Gasteiger charge is -2.10. The SMILES string of the molecule is CCOc1ccccc1NC(=O)/C(C#N)=C/c1ccc(Br)cc1F. The second kappa shape index (κ2) is 8.27. The van der Waals surface area contributed by atoms with Crippen molar-refractivity contribution in [2.45, 2.75) is 6.92 Å². The summed E-state index contributed by atoms with van der Waals surface area (Å²) in [6, 6.07) is 13.1. The summed E-state index contributed by atoms with van der Waals surface area (Å²) in [4.78, 5) is 12.3. The van der Waals surface area contributed by atoms with E-state index in [1.54, 1.807) is 36.4 Å². The van der Waals surface area contributed by atoms with Gasteiger partial charge >= 0.3 is 0 Å². The molecule has 0 fully saturated rings. The number of benzene rings is 2. The van der Waals surface area contributed by atoms with Crippen molar-refractivity contribution in [3.05, 3.63) is 63.9 Å². The Morgan fingerprint density at radius 2 is 2.12 bits per heavy atom. The number of carbonyl (C=O) groups excluding carboxylic acids is 1. The van der Waals surface area contributed by atoms with E-state index < -0.39 is 11.7 Å². The lowest BCUT2D eigenvalue weighted by atomic mass is 10.1. The number of nitrogens with one attached hydrogen (secondary N) is 1. The smallest absolute Gasteiger partial charge is 0.266 e. The number of rotatable bonds is 5. The lowest BCUT2D eigenvalue weighted by molar-refractivity contribution is -0.112. The van der Waals surface area contributed by atoms with E-state index >= 15 is 0 Å². The van der Waals surface area contributed by atoms with Crippen LogP contribution in [0.25, 0.3) is 6.08 Å². The third-order valence-corrected chi connectivity index (χ3v) is 3.56. The van der Waals surface area contributed by atoms with E-state index in [2.05, 4.69) is 21.2 Å². The standard InChI is InChI=1S/C18H14BrFN2O2/c1-2-24-17-6-4-3-5-16(17)22-18(23)13(11-21)9-12-7-8-14(19)10-15(12)20/h3-10H,2H2,1H3,(H,22,23)/b13-9+. The summed E-state index contributed by atoms with van der Waals surface area (Å²) in [5.74, 6) is -0.660. The van der Waals surface area contributed by atoms with Gasteiger partial charge in [-0.15, -0.1) is 0 Å². The maximum Gasteiger partial charge on any atom is 0.266 e. The van der Waals surface area contributed by atoms with Crippen molar-refractivity contribution in [1.29, 1.82) is 5.26 Å². The van der Waals surface area contributed by atoms with Crippen LogP contribution in [0.3, 0.4) is 0 Å². The van der Waals surface area contributed by atoms with Crippen molar-refractivity contribution in [1.82, 2.24) is 0 Å². The van der Waals surface area contributed by atoms with Gasteiger partial charge in [-0.1, -0.05) is 34.1 Å². The van der Waals surface area contributed by atoms with Gasteiger partial charge in [-0.05, 0) is 37.3 Å². The Hall–Kier alpha value is -2.65. The number of nitrogens with zero attached hydrogens (tertiary/aromatic N) is 1. The summed E-state index contributed by atoms with van der Waals surface area (Å²) in [6.45, 7) is 2.27. The van der Waals surface area contributed by atoms with E-state index in [0.29, 0.717) is 22.5 Å². The Kier molecular flexibility index (Phi) is 6.10. The maximum atomic E-state index is 13.9. The minimum Gasteiger partial charge on any atom is -0.492 e. The molecule has 24 heavy (non-hydrogen) atoms. The normalized spacial score (nSPS) is 10.8. The molecule has 0 aliphatic rings. The Labute approximate surface area is 147 Å². The predicted molar refractivity (Wildman–Crippen MR) is 93.9 cm³/mol. The molecule has 1 N–H and O–H groups in total. The molecule has 122 valence electrons. The van der Waals surface area contributed by atoms with E-state index in [-0.39, 0.29) is 11.1 Å². The lowest BCUT2D eigenvalue weighted by Crippen LogP contribution is -2.14. The van der Waals surface area contributed by atoms with Crippen LogP contribution in [-0.4, -0.2) is 12.5 Å². The Balaban J connectivity index is 2.27. The number of nitriles is 1. The fourth-order valence-electron chi connectivity index (χ4n) is 1.96. The fraction of sp³-hybridized carbons (Fsp3) is 0.111. The largest absolute Gasteiger partial charge is 0.492 e. The summed E-state index contributed by atoms with van der Waals surface area (Å²) < 4.78 is 19.9. The summed E-state index contributed by atoms with van der Waals surface area (Å²) in [7, 11) is 0. The highest BCUT2D eigenvalue weighted by atomic mass is 79.9. The van der Waals surface area contributed by atoms with Gasteiger partial charge in [-0.25, -0.2) is 4.39 Å². The zero-order valence-electron chi connectivity index (χ0n) is 12.8. The predicted octanol–water partition coefficient (Wildman–Crippen LogP) is 4.53. The van der Waals surface area contributed by atoms with Gasteiger partial charge in [0.1, 0.15) is 23.2 Å². The molecule has 0 atom stereocenters. The third-order valence-electron chi connectivity index (χ3n) is 3.06. The molecule has 1 amide bonds. The van der Waals surface area contributed by atoms with Crippen LogP contribution in [0.4, 0.5) is 10.1 Å². The first-order valence-electron chi connectivity index (χ1n) is 7.15. The maximum absolute atomic E-state index is 13.9. The van der Waals surface area contributed by atoms with Crippen molar-refractivity contribution in [2.24, 2.45) is 0 Å². The van der Waals surface area contributed by atoms with Gasteiger partial charge in [0.15, 0.2) is 0 Å². The number of para-hydroxylation sites is 2. The van der Waals surface area contributed by atoms with Crippen molar-refractivity contribution in [3.8, 4) is 11.8 Å². The molecular formula is C18H14BrFN2O2. The molecule has 0 aliphatic heterocycles. The van der Waals surface area contributed by atoms with Gasteiger partial charge in [0.25, 0.3) is 5.91 Å².